The van der Waals surface area contributed by atoms with Crippen molar-refractivity contribution in [3.8, 4) is 0 Å². The van der Waals surface area contributed by atoms with Crippen LogP contribution < -0.4 is 5.73 Å². The molecular weight excluding hydrogens is 172 g/mol. The summed E-state index contributed by atoms with van der Waals surface area (Å²) < 4.78 is 0. The van der Waals surface area contributed by atoms with Gasteiger partial charge in [0.2, 0.25) is 0 Å². The molecule has 1 aromatic heterocycles. The number of rotatable bonds is 1. The smallest absolute Gasteiger partial charge is 0.0458 e. The second-order valence-corrected chi connectivity index (χ2v) is 2.97. The van der Waals surface area contributed by atoms with E-state index in [9.17, 15) is 0 Å². The number of fused-ring (bicyclic) bond motifs is 1. The fourth-order valence-corrected chi connectivity index (χ4v) is 1.49. The highest BCUT2D eigenvalue weighted by molar-refractivity contribution is 5.85. The first-order valence-electron chi connectivity index (χ1n) is 5.16. The van der Waals surface area contributed by atoms with Crippen molar-refractivity contribution in [3.05, 3.63) is 30.0 Å². The lowest BCUT2D eigenvalue weighted by molar-refractivity contribution is 1.15. The number of benzene rings is 1. The summed E-state index contributed by atoms with van der Waals surface area (Å²) in [6.07, 6.45) is 3.09. The third kappa shape index (κ3) is 1.90. The Balaban J connectivity index is 0.000000461. The van der Waals surface area contributed by atoms with Gasteiger partial charge in [-0.3, -0.25) is 0 Å². The molecule has 2 rings (SSSR count). The van der Waals surface area contributed by atoms with E-state index in [1.54, 1.807) is 0 Å². The number of hydrogen-bond acceptors (Lipinski definition) is 1. The molecule has 0 amide bonds. The predicted molar refractivity (Wildman–Crippen MR) is 63.4 cm³/mol. The molecule has 14 heavy (non-hydrogen) atoms. The molecule has 2 aromatic rings. The van der Waals surface area contributed by atoms with Gasteiger partial charge in [-0.05, 0) is 30.2 Å². The molecule has 0 atom stereocenters. The third-order valence-electron chi connectivity index (χ3n) is 2.17. The van der Waals surface area contributed by atoms with Gasteiger partial charge in [-0.15, -0.1) is 0 Å². The van der Waals surface area contributed by atoms with E-state index in [4.69, 9.17) is 5.73 Å². The lowest BCUT2D eigenvalue weighted by Gasteiger charge is -1.95. The number of hydrogen-bond donors (Lipinski definition) is 2. The predicted octanol–water partition coefficient (Wildman–Crippen LogP) is 3.34. The van der Waals surface area contributed by atoms with Crippen molar-refractivity contribution in [1.29, 1.82) is 0 Å². The normalized spacial score (nSPS) is 9.64. The standard InChI is InChI=1S/C10H12N2.C2H6/c1-2-7-6-12-10-4-3-8(11)5-9(7)10;1-2/h3-6,12H,2,11H2,1H3;1-2H3. The van der Waals surface area contributed by atoms with Gasteiger partial charge in [0, 0.05) is 22.8 Å². The van der Waals surface area contributed by atoms with Crippen LogP contribution in [0.2, 0.25) is 0 Å². The molecule has 3 N–H and O–H groups in total. The Morgan fingerprint density at radius 2 is 2.00 bits per heavy atom. The van der Waals surface area contributed by atoms with Crippen LogP contribution in [0, 0.1) is 0 Å². The molecule has 0 aliphatic carbocycles. The highest BCUT2D eigenvalue weighted by Crippen LogP contribution is 2.20. The first kappa shape index (κ1) is 10.6. The molecule has 0 aliphatic heterocycles. The summed E-state index contributed by atoms with van der Waals surface area (Å²) in [5.74, 6) is 0. The molecule has 0 saturated heterocycles. The average molecular weight is 190 g/mol. The van der Waals surface area contributed by atoms with Crippen LogP contribution in [0.5, 0.6) is 0 Å². The minimum atomic E-state index is 0.830. The van der Waals surface area contributed by atoms with E-state index in [2.05, 4.69) is 11.9 Å². The monoisotopic (exact) mass is 190 g/mol. The van der Waals surface area contributed by atoms with Gasteiger partial charge in [0.05, 0.1) is 0 Å². The largest absolute Gasteiger partial charge is 0.399 e. The summed E-state index contributed by atoms with van der Waals surface area (Å²) in [5, 5.41) is 1.25. The minimum Gasteiger partial charge on any atom is -0.399 e. The van der Waals surface area contributed by atoms with Gasteiger partial charge >= 0.3 is 0 Å². The second-order valence-electron chi connectivity index (χ2n) is 2.97. The van der Waals surface area contributed by atoms with Gasteiger partial charge in [-0.2, -0.15) is 0 Å². The van der Waals surface area contributed by atoms with E-state index in [-0.39, 0.29) is 0 Å². The Labute approximate surface area is 85.1 Å². The zero-order chi connectivity index (χ0) is 10.6. The number of anilines is 1. The van der Waals surface area contributed by atoms with Crippen LogP contribution in [0.1, 0.15) is 26.3 Å². The second kappa shape index (κ2) is 4.70. The zero-order valence-electron chi connectivity index (χ0n) is 9.09. The summed E-state index contributed by atoms with van der Waals surface area (Å²) in [7, 11) is 0. The number of nitrogen functional groups attached to an aromatic ring is 1. The van der Waals surface area contributed by atoms with Crippen LogP contribution in [0.25, 0.3) is 10.9 Å². The molecular formula is C12H18N2. The molecule has 0 aliphatic rings. The number of nitrogens with one attached hydrogen (secondary N) is 1. The van der Waals surface area contributed by atoms with Crippen LogP contribution in [-0.4, -0.2) is 4.98 Å². The Morgan fingerprint density at radius 3 is 2.64 bits per heavy atom. The van der Waals surface area contributed by atoms with Gasteiger partial charge in [0.25, 0.3) is 0 Å². The fraction of sp³-hybridized carbons (Fsp3) is 0.333. The topological polar surface area (TPSA) is 41.8 Å². The van der Waals surface area contributed by atoms with Crippen molar-refractivity contribution >= 4 is 16.6 Å². The maximum absolute atomic E-state index is 5.69. The zero-order valence-corrected chi connectivity index (χ0v) is 9.09. The SMILES string of the molecule is CC.CCc1c[nH]c2ccc(N)cc12. The first-order valence-corrected chi connectivity index (χ1v) is 5.16. The van der Waals surface area contributed by atoms with Crippen molar-refractivity contribution in [2.24, 2.45) is 0 Å². The molecule has 76 valence electrons. The summed E-state index contributed by atoms with van der Waals surface area (Å²) in [6, 6.07) is 5.95. The van der Waals surface area contributed by atoms with Crippen LogP contribution >= 0.6 is 0 Å². The Morgan fingerprint density at radius 1 is 1.29 bits per heavy atom. The fourth-order valence-electron chi connectivity index (χ4n) is 1.49. The molecule has 1 heterocycles. The number of aromatic nitrogens is 1. The molecule has 0 bridgehead atoms. The number of aromatic amines is 1. The van der Waals surface area contributed by atoms with Gasteiger partial charge in [-0.25, -0.2) is 0 Å². The van der Waals surface area contributed by atoms with Crippen molar-refractivity contribution in [2.75, 3.05) is 5.73 Å². The average Bonchev–Trinajstić information content (AvgIpc) is 2.63. The van der Waals surface area contributed by atoms with E-state index >= 15 is 0 Å². The first-order chi connectivity index (χ1) is 6.81. The highest BCUT2D eigenvalue weighted by Gasteiger charge is 2.00. The maximum Gasteiger partial charge on any atom is 0.0458 e. The number of H-pyrrole nitrogens is 1. The minimum absolute atomic E-state index is 0.830. The van der Waals surface area contributed by atoms with Crippen LogP contribution in [0.3, 0.4) is 0 Å². The number of aryl methyl sites for hydroxylation is 1. The van der Waals surface area contributed by atoms with E-state index < -0.39 is 0 Å². The lowest BCUT2D eigenvalue weighted by Crippen LogP contribution is -1.83. The Kier molecular flexibility index (Phi) is 3.57. The molecule has 1 aromatic carbocycles. The van der Waals surface area contributed by atoms with Gasteiger partial charge in [0.15, 0.2) is 0 Å². The molecule has 0 radical (unpaired) electrons. The lowest BCUT2D eigenvalue weighted by atomic mass is 10.1. The molecule has 0 unspecified atom stereocenters. The Hall–Kier alpha value is -1.44. The van der Waals surface area contributed by atoms with Crippen molar-refractivity contribution < 1.29 is 0 Å². The van der Waals surface area contributed by atoms with E-state index in [1.165, 1.54) is 16.5 Å². The van der Waals surface area contributed by atoms with Gasteiger partial charge < -0.3 is 10.7 Å². The van der Waals surface area contributed by atoms with Crippen molar-refractivity contribution in [3.63, 3.8) is 0 Å². The van der Waals surface area contributed by atoms with Crippen LogP contribution in [0.15, 0.2) is 24.4 Å². The highest BCUT2D eigenvalue weighted by atomic mass is 14.7. The third-order valence-corrected chi connectivity index (χ3v) is 2.17. The summed E-state index contributed by atoms with van der Waals surface area (Å²) in [4.78, 5) is 3.21. The van der Waals surface area contributed by atoms with E-state index in [1.807, 2.05) is 38.2 Å². The molecule has 0 saturated carbocycles. The Bertz CT molecular complexity index is 402. The number of nitrogens with two attached hydrogens (primary N) is 1. The molecule has 0 spiro atoms. The summed E-state index contributed by atoms with van der Waals surface area (Å²) >= 11 is 0. The summed E-state index contributed by atoms with van der Waals surface area (Å²) in [6.45, 7) is 6.14. The van der Waals surface area contributed by atoms with Crippen molar-refractivity contribution in [2.45, 2.75) is 27.2 Å². The van der Waals surface area contributed by atoms with Crippen molar-refractivity contribution in [1.82, 2.24) is 4.98 Å². The summed E-state index contributed by atoms with van der Waals surface area (Å²) in [5.41, 5.74) is 9.02. The molecule has 0 fully saturated rings. The van der Waals surface area contributed by atoms with E-state index in [0.29, 0.717) is 0 Å². The molecule has 2 nitrogen and oxygen atoms in total. The molecule has 2 heteroatoms. The quantitative estimate of drug-likeness (QED) is 0.665. The van der Waals surface area contributed by atoms with E-state index in [0.717, 1.165) is 12.1 Å². The van der Waals surface area contributed by atoms with Crippen LogP contribution in [-0.2, 0) is 6.42 Å². The van der Waals surface area contributed by atoms with Gasteiger partial charge in [-0.1, -0.05) is 20.8 Å². The maximum atomic E-state index is 5.69. The van der Waals surface area contributed by atoms with Gasteiger partial charge in [0.1, 0.15) is 0 Å². The van der Waals surface area contributed by atoms with Crippen LogP contribution in [0.4, 0.5) is 5.69 Å².